The Morgan fingerprint density at radius 1 is 1.16 bits per heavy atom. The summed E-state index contributed by atoms with van der Waals surface area (Å²) >= 11 is 0. The summed E-state index contributed by atoms with van der Waals surface area (Å²) in [5.41, 5.74) is 2.13. The molecule has 0 aliphatic carbocycles. The number of morpholine rings is 1. The molecule has 6 nitrogen and oxygen atoms in total. The first kappa shape index (κ1) is 16.0. The number of rotatable bonds is 2. The highest BCUT2D eigenvalue weighted by atomic mass is 19.1. The van der Waals surface area contributed by atoms with Gasteiger partial charge >= 0.3 is 0 Å². The SMILES string of the molecule is CC(=O)N1Cc2nc(-c3ccccc3F)nc(N3CCOCC3)c2C1. The molecule has 25 heavy (non-hydrogen) atoms. The molecule has 2 aliphatic rings. The average molecular weight is 342 g/mol. The van der Waals surface area contributed by atoms with Gasteiger partial charge in [0.15, 0.2) is 5.82 Å². The molecule has 0 N–H and O–H groups in total. The Balaban J connectivity index is 1.82. The van der Waals surface area contributed by atoms with Gasteiger partial charge in [0.1, 0.15) is 11.6 Å². The van der Waals surface area contributed by atoms with Crippen molar-refractivity contribution in [3.8, 4) is 11.4 Å². The number of nitrogens with zero attached hydrogens (tertiary/aromatic N) is 4. The first-order valence-electron chi connectivity index (χ1n) is 8.36. The van der Waals surface area contributed by atoms with Crippen molar-refractivity contribution in [2.45, 2.75) is 20.0 Å². The standard InChI is InChI=1S/C18H19FN4O2/c1-12(24)23-10-14-16(11-23)20-17(13-4-2-3-5-15(13)19)21-18(14)22-6-8-25-9-7-22/h2-5H,6-11H2,1H3. The third kappa shape index (κ3) is 2.95. The fraction of sp³-hybridized carbons (Fsp3) is 0.389. The molecule has 4 rings (SSSR count). The fourth-order valence-electron chi connectivity index (χ4n) is 3.26. The Kier molecular flexibility index (Phi) is 4.09. The van der Waals surface area contributed by atoms with Crippen molar-refractivity contribution >= 4 is 11.7 Å². The third-order valence-corrected chi connectivity index (χ3v) is 4.63. The summed E-state index contributed by atoms with van der Waals surface area (Å²) in [6.45, 7) is 5.18. The molecule has 0 saturated carbocycles. The summed E-state index contributed by atoms with van der Waals surface area (Å²) in [7, 11) is 0. The van der Waals surface area contributed by atoms with E-state index in [4.69, 9.17) is 4.74 Å². The van der Waals surface area contributed by atoms with E-state index in [0.29, 0.717) is 37.7 Å². The van der Waals surface area contributed by atoms with Gasteiger partial charge in [-0.2, -0.15) is 0 Å². The molecule has 130 valence electrons. The maximum Gasteiger partial charge on any atom is 0.220 e. The van der Waals surface area contributed by atoms with Gasteiger partial charge in [-0.3, -0.25) is 4.79 Å². The summed E-state index contributed by atoms with van der Waals surface area (Å²) in [5.74, 6) is 0.800. The maximum absolute atomic E-state index is 14.2. The van der Waals surface area contributed by atoms with E-state index in [-0.39, 0.29) is 11.7 Å². The van der Waals surface area contributed by atoms with Crippen LogP contribution in [-0.2, 0) is 22.6 Å². The van der Waals surface area contributed by atoms with E-state index in [1.54, 1.807) is 30.0 Å². The van der Waals surface area contributed by atoms with Gasteiger partial charge in [0, 0.05) is 25.6 Å². The fourth-order valence-corrected chi connectivity index (χ4v) is 3.26. The molecule has 7 heteroatoms. The van der Waals surface area contributed by atoms with E-state index in [1.807, 2.05) is 0 Å². The highest BCUT2D eigenvalue weighted by molar-refractivity contribution is 5.75. The Bertz CT molecular complexity index is 821. The molecule has 0 bridgehead atoms. The Hall–Kier alpha value is -2.54. The molecule has 1 fully saturated rings. The van der Waals surface area contributed by atoms with Gasteiger partial charge in [-0.15, -0.1) is 0 Å². The van der Waals surface area contributed by atoms with E-state index in [1.165, 1.54) is 6.07 Å². The second-order valence-electron chi connectivity index (χ2n) is 6.25. The van der Waals surface area contributed by atoms with Crippen molar-refractivity contribution in [2.24, 2.45) is 0 Å². The molecule has 0 spiro atoms. The number of fused-ring (bicyclic) bond motifs is 1. The van der Waals surface area contributed by atoms with Crippen molar-refractivity contribution in [3.05, 3.63) is 41.3 Å². The zero-order valence-electron chi connectivity index (χ0n) is 14.0. The number of aromatic nitrogens is 2. The van der Waals surface area contributed by atoms with Crippen LogP contribution in [0, 0.1) is 5.82 Å². The minimum atomic E-state index is -0.350. The Morgan fingerprint density at radius 3 is 2.64 bits per heavy atom. The van der Waals surface area contributed by atoms with E-state index >= 15 is 0 Å². The van der Waals surface area contributed by atoms with E-state index in [2.05, 4.69) is 14.9 Å². The van der Waals surface area contributed by atoms with Crippen molar-refractivity contribution in [1.82, 2.24) is 14.9 Å². The van der Waals surface area contributed by atoms with E-state index in [0.717, 1.165) is 30.2 Å². The molecule has 1 amide bonds. The number of halogens is 1. The van der Waals surface area contributed by atoms with E-state index < -0.39 is 0 Å². The smallest absolute Gasteiger partial charge is 0.220 e. The van der Waals surface area contributed by atoms with Crippen LogP contribution in [0.15, 0.2) is 24.3 Å². The van der Waals surface area contributed by atoms with Crippen LogP contribution in [0.3, 0.4) is 0 Å². The first-order chi connectivity index (χ1) is 12.1. The highest BCUT2D eigenvalue weighted by Crippen LogP contribution is 2.32. The molecule has 2 aromatic rings. The zero-order valence-corrected chi connectivity index (χ0v) is 14.0. The quantitative estimate of drug-likeness (QED) is 0.835. The van der Waals surface area contributed by atoms with Crippen molar-refractivity contribution < 1.29 is 13.9 Å². The Morgan fingerprint density at radius 2 is 1.92 bits per heavy atom. The van der Waals surface area contributed by atoms with Crippen LogP contribution in [0.4, 0.5) is 10.2 Å². The summed E-state index contributed by atoms with van der Waals surface area (Å²) in [5, 5.41) is 0. The number of hydrogen-bond acceptors (Lipinski definition) is 5. The van der Waals surface area contributed by atoms with Gasteiger partial charge in [-0.25, -0.2) is 14.4 Å². The van der Waals surface area contributed by atoms with Crippen molar-refractivity contribution in [2.75, 3.05) is 31.2 Å². The molecule has 0 atom stereocenters. The molecule has 1 aromatic heterocycles. The largest absolute Gasteiger partial charge is 0.378 e. The van der Waals surface area contributed by atoms with Crippen LogP contribution in [-0.4, -0.2) is 47.1 Å². The minimum absolute atomic E-state index is 0.00151. The molecule has 1 saturated heterocycles. The summed E-state index contributed by atoms with van der Waals surface area (Å²) in [6.07, 6.45) is 0. The van der Waals surface area contributed by atoms with Gasteiger partial charge in [0.05, 0.1) is 37.6 Å². The normalized spacial score (nSPS) is 16.9. The summed E-state index contributed by atoms with van der Waals surface area (Å²) in [6, 6.07) is 6.50. The first-order valence-corrected chi connectivity index (χ1v) is 8.36. The van der Waals surface area contributed by atoms with Gasteiger partial charge in [-0.1, -0.05) is 12.1 Å². The third-order valence-electron chi connectivity index (χ3n) is 4.63. The number of benzene rings is 1. The number of hydrogen-bond donors (Lipinski definition) is 0. The lowest BCUT2D eigenvalue weighted by Gasteiger charge is -2.29. The van der Waals surface area contributed by atoms with Crippen LogP contribution >= 0.6 is 0 Å². The van der Waals surface area contributed by atoms with Crippen LogP contribution in [0.2, 0.25) is 0 Å². The van der Waals surface area contributed by atoms with Crippen molar-refractivity contribution in [1.29, 1.82) is 0 Å². The molecular weight excluding hydrogens is 323 g/mol. The molecule has 0 unspecified atom stereocenters. The maximum atomic E-state index is 14.2. The van der Waals surface area contributed by atoms with Crippen LogP contribution in [0.25, 0.3) is 11.4 Å². The lowest BCUT2D eigenvalue weighted by Crippen LogP contribution is -2.37. The predicted molar refractivity (Wildman–Crippen MR) is 90.4 cm³/mol. The van der Waals surface area contributed by atoms with Crippen LogP contribution in [0.1, 0.15) is 18.2 Å². The number of ether oxygens (including phenoxy) is 1. The summed E-state index contributed by atoms with van der Waals surface area (Å²) in [4.78, 5) is 24.9. The Labute approximate surface area is 145 Å². The number of anilines is 1. The molecular formula is C18H19FN4O2. The lowest BCUT2D eigenvalue weighted by molar-refractivity contribution is -0.129. The van der Waals surface area contributed by atoms with Gasteiger partial charge < -0.3 is 14.5 Å². The van der Waals surface area contributed by atoms with Crippen molar-refractivity contribution in [3.63, 3.8) is 0 Å². The second kappa shape index (κ2) is 6.40. The molecule has 0 radical (unpaired) electrons. The number of carbonyl (C=O) groups excluding carboxylic acids is 1. The van der Waals surface area contributed by atoms with E-state index in [9.17, 15) is 9.18 Å². The van der Waals surface area contributed by atoms with Gasteiger partial charge in [-0.05, 0) is 12.1 Å². The highest BCUT2D eigenvalue weighted by Gasteiger charge is 2.30. The van der Waals surface area contributed by atoms with Gasteiger partial charge in [0.25, 0.3) is 0 Å². The topological polar surface area (TPSA) is 58.6 Å². The molecule has 1 aromatic carbocycles. The predicted octanol–water partition coefficient (Wildman–Crippen LogP) is 1.98. The second-order valence-corrected chi connectivity index (χ2v) is 6.25. The average Bonchev–Trinajstić information content (AvgIpc) is 3.06. The molecule has 3 heterocycles. The zero-order chi connectivity index (χ0) is 17.4. The summed E-state index contributed by atoms with van der Waals surface area (Å²) < 4.78 is 19.7. The number of carbonyl (C=O) groups is 1. The number of amides is 1. The lowest BCUT2D eigenvalue weighted by atomic mass is 10.1. The van der Waals surface area contributed by atoms with Gasteiger partial charge in [0.2, 0.25) is 5.91 Å². The monoisotopic (exact) mass is 342 g/mol. The van der Waals surface area contributed by atoms with Crippen LogP contribution < -0.4 is 4.90 Å². The molecule has 2 aliphatic heterocycles. The van der Waals surface area contributed by atoms with Crippen LogP contribution in [0.5, 0.6) is 0 Å². The minimum Gasteiger partial charge on any atom is -0.378 e.